The molecule has 2 aliphatic heterocycles. The molecule has 5 rings (SSSR count). The van der Waals surface area contributed by atoms with Crippen LogP contribution in [0.2, 0.25) is 0 Å². The Morgan fingerprint density at radius 2 is 1.67 bits per heavy atom. The second-order valence-electron chi connectivity index (χ2n) is 8.86. The molecule has 0 aliphatic carbocycles. The summed E-state index contributed by atoms with van der Waals surface area (Å²) in [4.78, 5) is 21.7. The quantitative estimate of drug-likeness (QED) is 0.587. The molecule has 10 heteroatoms. The van der Waals surface area contributed by atoms with Crippen LogP contribution in [0.15, 0.2) is 43.1 Å². The lowest BCUT2D eigenvalue weighted by Gasteiger charge is -2.39. The van der Waals surface area contributed by atoms with Crippen molar-refractivity contribution in [3.63, 3.8) is 0 Å². The highest BCUT2D eigenvalue weighted by atomic mass is 19.4. The molecule has 2 saturated heterocycles. The number of aryl methyl sites for hydroxylation is 1. The summed E-state index contributed by atoms with van der Waals surface area (Å²) in [5, 5.41) is 0. The van der Waals surface area contributed by atoms with E-state index >= 15 is 0 Å². The molecule has 0 radical (unpaired) electrons. The Balaban J connectivity index is 1.24. The Labute approximate surface area is 190 Å². The molecule has 5 heterocycles. The van der Waals surface area contributed by atoms with Crippen LogP contribution in [0, 0.1) is 5.41 Å². The minimum atomic E-state index is -4.41. The lowest BCUT2D eigenvalue weighted by atomic mass is 9.78. The monoisotopic (exact) mass is 457 g/mol. The van der Waals surface area contributed by atoms with Gasteiger partial charge in [0.25, 0.3) is 0 Å². The molecule has 0 unspecified atom stereocenters. The van der Waals surface area contributed by atoms with E-state index in [0.29, 0.717) is 0 Å². The van der Waals surface area contributed by atoms with E-state index in [9.17, 15) is 13.2 Å². The van der Waals surface area contributed by atoms with Crippen molar-refractivity contribution in [2.45, 2.75) is 38.8 Å². The highest BCUT2D eigenvalue weighted by Crippen LogP contribution is 2.42. The zero-order valence-corrected chi connectivity index (χ0v) is 18.5. The highest BCUT2D eigenvalue weighted by molar-refractivity contribution is 5.47. The van der Waals surface area contributed by atoms with Crippen LogP contribution in [-0.2, 0) is 12.6 Å². The largest absolute Gasteiger partial charge is 0.433 e. The van der Waals surface area contributed by atoms with Crippen LogP contribution in [0.5, 0.6) is 0 Å². The van der Waals surface area contributed by atoms with Gasteiger partial charge >= 0.3 is 6.18 Å². The Kier molecular flexibility index (Phi) is 5.46. The van der Waals surface area contributed by atoms with E-state index in [1.54, 1.807) is 18.6 Å². The average molecular weight is 458 g/mol. The van der Waals surface area contributed by atoms with Crippen molar-refractivity contribution in [2.75, 3.05) is 36.0 Å². The van der Waals surface area contributed by atoms with Gasteiger partial charge in [0, 0.05) is 45.0 Å². The van der Waals surface area contributed by atoms with Crippen LogP contribution in [0.4, 0.5) is 24.7 Å². The lowest BCUT2D eigenvalue weighted by molar-refractivity contribution is -0.141. The van der Waals surface area contributed by atoms with E-state index in [4.69, 9.17) is 4.98 Å². The summed E-state index contributed by atoms with van der Waals surface area (Å²) < 4.78 is 40.4. The molecule has 33 heavy (non-hydrogen) atoms. The molecule has 3 aromatic rings. The Bertz CT molecular complexity index is 1100. The number of hydrogen-bond acceptors (Lipinski definition) is 6. The number of imidazole rings is 1. The van der Waals surface area contributed by atoms with Gasteiger partial charge in [-0.15, -0.1) is 0 Å². The summed E-state index contributed by atoms with van der Waals surface area (Å²) in [7, 11) is 0. The summed E-state index contributed by atoms with van der Waals surface area (Å²) in [5.41, 5.74) is 0.0794. The predicted molar refractivity (Wildman–Crippen MR) is 118 cm³/mol. The normalized spacial score (nSPS) is 18.3. The van der Waals surface area contributed by atoms with Crippen molar-refractivity contribution in [1.29, 1.82) is 0 Å². The smallest absolute Gasteiger partial charge is 0.370 e. The number of halogens is 3. The van der Waals surface area contributed by atoms with E-state index in [2.05, 4.69) is 31.7 Å². The number of aromatic nitrogens is 5. The van der Waals surface area contributed by atoms with E-state index in [1.165, 1.54) is 12.3 Å². The maximum Gasteiger partial charge on any atom is 0.433 e. The second-order valence-corrected chi connectivity index (χ2v) is 8.86. The van der Waals surface area contributed by atoms with Crippen molar-refractivity contribution in [3.8, 4) is 5.82 Å². The third-order valence-electron chi connectivity index (χ3n) is 6.88. The number of nitrogens with zero attached hydrogens (tertiary/aromatic N) is 7. The van der Waals surface area contributed by atoms with Crippen molar-refractivity contribution < 1.29 is 13.2 Å². The third kappa shape index (κ3) is 4.26. The summed E-state index contributed by atoms with van der Waals surface area (Å²) >= 11 is 0. The number of piperidine rings is 1. The molecule has 0 amide bonds. The summed E-state index contributed by atoms with van der Waals surface area (Å²) in [6, 6.07) is 2.60. The third-order valence-corrected chi connectivity index (χ3v) is 6.88. The topological polar surface area (TPSA) is 63.0 Å². The number of rotatable bonds is 4. The summed E-state index contributed by atoms with van der Waals surface area (Å²) in [6.07, 6.45) is 8.03. The molecular weight excluding hydrogens is 431 g/mol. The van der Waals surface area contributed by atoms with Crippen LogP contribution in [0.1, 0.15) is 37.7 Å². The fourth-order valence-electron chi connectivity index (χ4n) is 4.93. The molecule has 0 aromatic carbocycles. The van der Waals surface area contributed by atoms with Gasteiger partial charge in [-0.25, -0.2) is 15.0 Å². The van der Waals surface area contributed by atoms with Crippen LogP contribution >= 0.6 is 0 Å². The van der Waals surface area contributed by atoms with Gasteiger partial charge in [-0.05, 0) is 36.8 Å². The van der Waals surface area contributed by atoms with Gasteiger partial charge in [-0.2, -0.15) is 13.2 Å². The van der Waals surface area contributed by atoms with E-state index in [1.807, 2.05) is 10.8 Å². The first-order chi connectivity index (χ1) is 15.9. The van der Waals surface area contributed by atoms with Crippen molar-refractivity contribution in [1.82, 2.24) is 24.5 Å². The van der Waals surface area contributed by atoms with Gasteiger partial charge in [0.2, 0.25) is 0 Å². The Morgan fingerprint density at radius 1 is 0.939 bits per heavy atom. The van der Waals surface area contributed by atoms with E-state index < -0.39 is 11.9 Å². The molecule has 0 saturated carbocycles. The van der Waals surface area contributed by atoms with E-state index in [-0.39, 0.29) is 5.41 Å². The maximum atomic E-state index is 12.8. The summed E-state index contributed by atoms with van der Waals surface area (Å²) in [5.74, 6) is 2.58. The molecular formula is C23H26F3N7. The van der Waals surface area contributed by atoms with E-state index in [0.717, 1.165) is 81.1 Å². The Hall–Kier alpha value is -3.17. The molecule has 0 atom stereocenters. The molecule has 1 spiro atoms. The SMILES string of the molecule is CCc1nccn1-c1cncc(N2CCC3(CCN(c4ccc(C(F)(F)F)nc4)C3)CC2)n1. The fraction of sp³-hybridized carbons (Fsp3) is 0.478. The van der Waals surface area contributed by atoms with Crippen molar-refractivity contribution in [3.05, 3.63) is 54.6 Å². The molecule has 0 N–H and O–H groups in total. The minimum absolute atomic E-state index is 0.171. The number of anilines is 2. The highest BCUT2D eigenvalue weighted by Gasteiger charge is 2.41. The number of alkyl halides is 3. The summed E-state index contributed by atoms with van der Waals surface area (Å²) in [6.45, 7) is 5.49. The minimum Gasteiger partial charge on any atom is -0.370 e. The van der Waals surface area contributed by atoms with Crippen LogP contribution in [0.3, 0.4) is 0 Å². The van der Waals surface area contributed by atoms with Crippen LogP contribution in [0.25, 0.3) is 5.82 Å². The number of hydrogen-bond donors (Lipinski definition) is 0. The molecule has 7 nitrogen and oxygen atoms in total. The molecule has 2 fully saturated rings. The molecule has 3 aromatic heterocycles. The van der Waals surface area contributed by atoms with Crippen molar-refractivity contribution >= 4 is 11.5 Å². The first-order valence-corrected chi connectivity index (χ1v) is 11.2. The predicted octanol–water partition coefficient (Wildman–Crippen LogP) is 4.14. The first-order valence-electron chi connectivity index (χ1n) is 11.2. The number of pyridine rings is 1. The van der Waals surface area contributed by atoms with Crippen molar-refractivity contribution in [2.24, 2.45) is 5.41 Å². The Morgan fingerprint density at radius 3 is 2.33 bits per heavy atom. The zero-order chi connectivity index (χ0) is 23.1. The lowest BCUT2D eigenvalue weighted by Crippen LogP contribution is -2.42. The van der Waals surface area contributed by atoms with Gasteiger partial charge in [0.1, 0.15) is 17.3 Å². The van der Waals surface area contributed by atoms with Crippen LogP contribution < -0.4 is 9.80 Å². The fourth-order valence-corrected chi connectivity index (χ4v) is 4.93. The average Bonchev–Trinajstić information content (AvgIpc) is 3.47. The van der Waals surface area contributed by atoms with Gasteiger partial charge in [0.05, 0.1) is 24.3 Å². The zero-order valence-electron chi connectivity index (χ0n) is 18.5. The van der Waals surface area contributed by atoms with Gasteiger partial charge in [-0.1, -0.05) is 6.92 Å². The van der Waals surface area contributed by atoms with Gasteiger partial charge in [0.15, 0.2) is 5.82 Å². The maximum absolute atomic E-state index is 12.8. The molecule has 2 aliphatic rings. The molecule has 174 valence electrons. The van der Waals surface area contributed by atoms with Crippen LogP contribution in [-0.4, -0.2) is 50.7 Å². The van der Waals surface area contributed by atoms with Gasteiger partial charge < -0.3 is 9.80 Å². The second kappa shape index (κ2) is 8.31. The van der Waals surface area contributed by atoms with Gasteiger partial charge in [-0.3, -0.25) is 9.55 Å². The molecule has 0 bridgehead atoms. The first kappa shape index (κ1) is 21.7. The standard InChI is InChI=1S/C23H26F3N7/c1-2-19-28-8-12-33(19)21-15-27-14-20(30-21)31-9-5-22(6-10-31)7-11-32(16-22)17-3-4-18(29-13-17)23(24,25)26/h3-4,8,12-15H,2,5-7,9-11,16H2,1H3.